The Balaban J connectivity index is 1.80. The van der Waals surface area contributed by atoms with Crippen molar-refractivity contribution in [2.45, 2.75) is 38.8 Å². The molecule has 27 heavy (non-hydrogen) atoms. The highest BCUT2D eigenvalue weighted by Gasteiger charge is 2.21. The van der Waals surface area contributed by atoms with Gasteiger partial charge in [-0.05, 0) is 43.9 Å². The maximum absolute atomic E-state index is 12.6. The minimum absolute atomic E-state index is 0.0851. The normalized spacial score (nSPS) is 16.0. The fraction of sp³-hybridized carbons (Fsp3) is 0.300. The molecular weight excluding hydrogens is 340 g/mol. The lowest BCUT2D eigenvalue weighted by atomic mass is 9.93. The molecule has 1 aromatic carbocycles. The molecule has 4 rings (SSSR count). The van der Waals surface area contributed by atoms with Gasteiger partial charge >= 0.3 is 0 Å². The summed E-state index contributed by atoms with van der Waals surface area (Å²) in [5, 5.41) is 18.7. The number of rotatable bonds is 3. The first-order valence-electron chi connectivity index (χ1n) is 8.96. The van der Waals surface area contributed by atoms with Crippen molar-refractivity contribution in [1.29, 1.82) is 5.26 Å². The summed E-state index contributed by atoms with van der Waals surface area (Å²) in [7, 11) is 0. The average molecular weight is 360 g/mol. The Bertz CT molecular complexity index is 1090. The number of aromatic nitrogens is 4. The van der Waals surface area contributed by atoms with E-state index < -0.39 is 0 Å². The second-order valence-electron chi connectivity index (χ2n) is 6.88. The molecule has 0 aliphatic heterocycles. The van der Waals surface area contributed by atoms with E-state index in [4.69, 9.17) is 5.73 Å². The van der Waals surface area contributed by atoms with Crippen LogP contribution in [0.3, 0.4) is 0 Å². The van der Waals surface area contributed by atoms with Crippen LogP contribution in [0.2, 0.25) is 0 Å². The Labute approximate surface area is 156 Å². The smallest absolute Gasteiger partial charge is 0.267 e. The Hall–Kier alpha value is -3.24. The summed E-state index contributed by atoms with van der Waals surface area (Å²) < 4.78 is 3.14. The molecule has 0 spiro atoms. The molecule has 0 saturated carbocycles. The van der Waals surface area contributed by atoms with Gasteiger partial charge in [-0.25, -0.2) is 9.36 Å². The van der Waals surface area contributed by atoms with Crippen LogP contribution in [-0.2, 0) is 19.4 Å². The van der Waals surface area contributed by atoms with Gasteiger partial charge in [-0.1, -0.05) is 18.2 Å². The van der Waals surface area contributed by atoms with E-state index in [2.05, 4.69) is 16.3 Å². The molecule has 2 aromatic heterocycles. The molecule has 0 saturated heterocycles. The van der Waals surface area contributed by atoms with Crippen molar-refractivity contribution < 1.29 is 0 Å². The van der Waals surface area contributed by atoms with Crippen molar-refractivity contribution in [2.24, 2.45) is 5.73 Å². The minimum Gasteiger partial charge on any atom is -0.327 e. The summed E-state index contributed by atoms with van der Waals surface area (Å²) in [5.41, 5.74) is 10.3. The summed E-state index contributed by atoms with van der Waals surface area (Å²) >= 11 is 0. The predicted octanol–water partition coefficient (Wildman–Crippen LogP) is 1.47. The maximum Gasteiger partial charge on any atom is 0.267 e. The van der Waals surface area contributed by atoms with Crippen molar-refractivity contribution in [3.63, 3.8) is 0 Å². The summed E-state index contributed by atoms with van der Waals surface area (Å²) in [5.74, 6) is 0. The van der Waals surface area contributed by atoms with Crippen LogP contribution in [0.5, 0.6) is 0 Å². The van der Waals surface area contributed by atoms with E-state index in [1.54, 1.807) is 17.7 Å². The van der Waals surface area contributed by atoms with Crippen LogP contribution in [-0.4, -0.2) is 25.6 Å². The molecule has 0 fully saturated rings. The molecule has 0 bridgehead atoms. The molecule has 2 heterocycles. The van der Waals surface area contributed by atoms with Gasteiger partial charge in [0.05, 0.1) is 34.9 Å². The Morgan fingerprint density at radius 2 is 2.07 bits per heavy atom. The van der Waals surface area contributed by atoms with Gasteiger partial charge in [-0.3, -0.25) is 4.79 Å². The summed E-state index contributed by atoms with van der Waals surface area (Å²) in [4.78, 5) is 12.6. The Kier molecular flexibility index (Phi) is 4.34. The zero-order valence-electron chi connectivity index (χ0n) is 15.1. The third kappa shape index (κ3) is 3.15. The van der Waals surface area contributed by atoms with Gasteiger partial charge in [0.25, 0.3) is 5.56 Å². The maximum atomic E-state index is 12.6. The van der Waals surface area contributed by atoms with E-state index in [1.807, 2.05) is 30.3 Å². The summed E-state index contributed by atoms with van der Waals surface area (Å²) in [6.45, 7) is 1.99. The first kappa shape index (κ1) is 17.2. The van der Waals surface area contributed by atoms with E-state index in [-0.39, 0.29) is 18.1 Å². The van der Waals surface area contributed by atoms with Crippen molar-refractivity contribution in [1.82, 2.24) is 19.6 Å². The fourth-order valence-corrected chi connectivity index (χ4v) is 3.56. The van der Waals surface area contributed by atoms with Crippen LogP contribution in [0.4, 0.5) is 0 Å². The predicted molar refractivity (Wildman–Crippen MR) is 101 cm³/mol. The van der Waals surface area contributed by atoms with Crippen LogP contribution in [0.25, 0.3) is 5.69 Å². The third-order valence-electron chi connectivity index (χ3n) is 4.97. The molecule has 3 aromatic rings. The number of benzene rings is 1. The Morgan fingerprint density at radius 1 is 1.30 bits per heavy atom. The number of hydrogen-bond donors (Lipinski definition) is 1. The first-order valence-corrected chi connectivity index (χ1v) is 8.96. The Morgan fingerprint density at radius 3 is 2.81 bits per heavy atom. The van der Waals surface area contributed by atoms with Crippen molar-refractivity contribution in [2.75, 3.05) is 0 Å². The molecular formula is C20H20N6O. The quantitative estimate of drug-likeness (QED) is 0.762. The molecule has 1 aliphatic carbocycles. The zero-order chi connectivity index (χ0) is 19.0. The highest BCUT2D eigenvalue weighted by Crippen LogP contribution is 2.20. The SMILES string of the molecule is Cc1nn(-c2ccccc2)c(Cn2nc3c(cc2=O)CC(N)CC3)c1C#N. The number of nitrogens with two attached hydrogens (primary N) is 1. The van der Waals surface area contributed by atoms with Crippen LogP contribution >= 0.6 is 0 Å². The van der Waals surface area contributed by atoms with E-state index in [9.17, 15) is 10.1 Å². The van der Waals surface area contributed by atoms with Gasteiger partial charge < -0.3 is 5.73 Å². The number of para-hydroxylation sites is 1. The van der Waals surface area contributed by atoms with Gasteiger partial charge in [0.2, 0.25) is 0 Å². The van der Waals surface area contributed by atoms with Gasteiger partial charge in [-0.2, -0.15) is 15.5 Å². The lowest BCUT2D eigenvalue weighted by Crippen LogP contribution is -2.33. The van der Waals surface area contributed by atoms with Crippen molar-refractivity contribution >= 4 is 0 Å². The number of hydrogen-bond acceptors (Lipinski definition) is 5. The van der Waals surface area contributed by atoms with Crippen molar-refractivity contribution in [3.8, 4) is 11.8 Å². The molecule has 7 heteroatoms. The molecule has 2 N–H and O–H groups in total. The molecule has 0 radical (unpaired) electrons. The molecule has 1 atom stereocenters. The van der Waals surface area contributed by atoms with E-state index in [1.165, 1.54) is 4.68 Å². The van der Waals surface area contributed by atoms with E-state index >= 15 is 0 Å². The number of nitriles is 1. The summed E-state index contributed by atoms with van der Waals surface area (Å²) in [6, 6.07) is 13.5. The fourth-order valence-electron chi connectivity index (χ4n) is 3.56. The average Bonchev–Trinajstić information content (AvgIpc) is 2.98. The first-order chi connectivity index (χ1) is 13.1. The molecule has 7 nitrogen and oxygen atoms in total. The van der Waals surface area contributed by atoms with Gasteiger partial charge in [0.15, 0.2) is 0 Å². The summed E-state index contributed by atoms with van der Waals surface area (Å²) in [6.07, 6.45) is 2.31. The molecule has 136 valence electrons. The van der Waals surface area contributed by atoms with Crippen LogP contribution in [0.1, 0.15) is 34.6 Å². The van der Waals surface area contributed by atoms with Crippen LogP contribution in [0.15, 0.2) is 41.2 Å². The topological polar surface area (TPSA) is 103 Å². The van der Waals surface area contributed by atoms with Gasteiger partial charge in [0.1, 0.15) is 6.07 Å². The zero-order valence-corrected chi connectivity index (χ0v) is 15.1. The largest absolute Gasteiger partial charge is 0.327 e. The second kappa shape index (κ2) is 6.82. The van der Waals surface area contributed by atoms with E-state index in [0.29, 0.717) is 23.4 Å². The highest BCUT2D eigenvalue weighted by atomic mass is 16.1. The lowest BCUT2D eigenvalue weighted by Gasteiger charge is -2.21. The van der Waals surface area contributed by atoms with E-state index in [0.717, 1.165) is 29.8 Å². The standard InChI is InChI=1S/C20H20N6O/c1-13-17(11-21)19(26(23-13)16-5-3-2-4-6-16)12-25-20(27)10-14-9-15(22)7-8-18(14)24-25/h2-6,10,15H,7-9,12,22H2,1H3. The number of aryl methyl sites for hydroxylation is 2. The molecule has 0 amide bonds. The minimum atomic E-state index is -0.190. The number of fused-ring (bicyclic) bond motifs is 1. The highest BCUT2D eigenvalue weighted by molar-refractivity contribution is 5.43. The van der Waals surface area contributed by atoms with Crippen LogP contribution in [0, 0.1) is 18.3 Å². The monoisotopic (exact) mass is 360 g/mol. The third-order valence-corrected chi connectivity index (χ3v) is 4.97. The number of nitrogens with zero attached hydrogens (tertiary/aromatic N) is 5. The van der Waals surface area contributed by atoms with Gasteiger partial charge in [-0.15, -0.1) is 0 Å². The van der Waals surface area contributed by atoms with Gasteiger partial charge in [0, 0.05) is 12.1 Å². The lowest BCUT2D eigenvalue weighted by molar-refractivity contribution is 0.524. The second-order valence-corrected chi connectivity index (χ2v) is 6.88. The molecule has 1 aliphatic rings. The molecule has 1 unspecified atom stereocenters. The van der Waals surface area contributed by atoms with Crippen LogP contribution < -0.4 is 11.3 Å². The van der Waals surface area contributed by atoms with Crippen molar-refractivity contribution in [3.05, 3.63) is 75.0 Å².